The molecule has 1 fully saturated rings. The van der Waals surface area contributed by atoms with Crippen molar-refractivity contribution in [1.82, 2.24) is 9.71 Å². The maximum absolute atomic E-state index is 14.3. The molecular weight excluding hydrogens is 366 g/mol. The van der Waals surface area contributed by atoms with E-state index < -0.39 is 33.5 Å². The van der Waals surface area contributed by atoms with Crippen LogP contribution in [-0.4, -0.2) is 38.4 Å². The number of nitrogens with zero attached hydrogens (tertiary/aromatic N) is 1. The summed E-state index contributed by atoms with van der Waals surface area (Å²) in [4.78, 5) is 16.1. The number of halogens is 2. The van der Waals surface area contributed by atoms with E-state index in [4.69, 9.17) is 4.74 Å². The number of amides is 1. The molecule has 1 aliphatic rings. The Morgan fingerprint density at radius 3 is 2.69 bits per heavy atom. The van der Waals surface area contributed by atoms with Gasteiger partial charge >= 0.3 is 11.8 Å². The summed E-state index contributed by atoms with van der Waals surface area (Å²) in [6, 6.07) is 8.23. The van der Waals surface area contributed by atoms with Crippen LogP contribution in [0.4, 0.5) is 8.78 Å². The first-order valence-electron chi connectivity index (χ1n) is 8.13. The summed E-state index contributed by atoms with van der Waals surface area (Å²) in [6.45, 7) is 0.257. The van der Waals surface area contributed by atoms with E-state index >= 15 is 0 Å². The minimum absolute atomic E-state index is 0.00938. The van der Waals surface area contributed by atoms with Gasteiger partial charge in [0.05, 0.1) is 11.3 Å². The number of carbonyl (C=O) groups is 1. The first kappa shape index (κ1) is 18.7. The molecule has 0 atom stereocenters. The van der Waals surface area contributed by atoms with Gasteiger partial charge in [-0.3, -0.25) is 9.78 Å². The van der Waals surface area contributed by atoms with E-state index in [2.05, 4.69) is 4.98 Å². The zero-order valence-corrected chi connectivity index (χ0v) is 14.6. The molecule has 0 saturated carbocycles. The highest BCUT2D eigenvalue weighted by atomic mass is 32.2. The first-order valence-corrected chi connectivity index (χ1v) is 9.78. The largest absolute Gasteiger partial charge is 0.381 e. The second-order valence-corrected chi connectivity index (χ2v) is 7.91. The van der Waals surface area contributed by atoms with Gasteiger partial charge in [0, 0.05) is 30.7 Å². The predicted molar refractivity (Wildman–Crippen MR) is 91.0 cm³/mol. The van der Waals surface area contributed by atoms with Crippen molar-refractivity contribution in [1.29, 1.82) is 0 Å². The molecule has 0 unspecified atom stereocenters. The maximum Gasteiger partial charge on any atom is 0.328 e. The quantitative estimate of drug-likeness (QED) is 0.855. The van der Waals surface area contributed by atoms with E-state index in [1.807, 2.05) is 0 Å². The predicted octanol–water partition coefficient (Wildman–Crippen LogP) is 2.24. The normalized spacial score (nSPS) is 16.5. The molecule has 1 amide bonds. The number of pyridine rings is 1. The SMILES string of the molecule is O=C(NS(=O)(=O)Cc1cccc2ncccc12)C(F)(F)C1CCOCC1. The number of aromatic nitrogens is 1. The summed E-state index contributed by atoms with van der Waals surface area (Å²) in [7, 11) is -4.29. The van der Waals surface area contributed by atoms with Crippen molar-refractivity contribution in [3.05, 3.63) is 42.1 Å². The van der Waals surface area contributed by atoms with Crippen molar-refractivity contribution in [3.8, 4) is 0 Å². The van der Waals surface area contributed by atoms with Gasteiger partial charge in [0.1, 0.15) is 0 Å². The highest BCUT2D eigenvalue weighted by Crippen LogP contribution is 2.33. The van der Waals surface area contributed by atoms with Crippen molar-refractivity contribution >= 4 is 26.8 Å². The van der Waals surface area contributed by atoms with Crippen molar-refractivity contribution in [2.45, 2.75) is 24.5 Å². The second kappa shape index (κ2) is 7.24. The third kappa shape index (κ3) is 3.99. The Bertz CT molecular complexity index is 907. The summed E-state index contributed by atoms with van der Waals surface area (Å²) in [5.41, 5.74) is 0.962. The minimum atomic E-state index is -4.29. The zero-order valence-electron chi connectivity index (χ0n) is 13.8. The molecule has 0 aliphatic carbocycles. The fraction of sp³-hybridized carbons (Fsp3) is 0.412. The van der Waals surface area contributed by atoms with E-state index in [9.17, 15) is 22.0 Å². The Balaban J connectivity index is 1.76. The Kier molecular flexibility index (Phi) is 5.19. The van der Waals surface area contributed by atoms with Gasteiger partial charge in [-0.1, -0.05) is 18.2 Å². The van der Waals surface area contributed by atoms with Crippen molar-refractivity contribution in [3.63, 3.8) is 0 Å². The monoisotopic (exact) mass is 384 g/mol. The van der Waals surface area contributed by atoms with Gasteiger partial charge < -0.3 is 4.74 Å². The number of nitrogens with one attached hydrogen (secondary N) is 1. The van der Waals surface area contributed by atoms with Gasteiger partial charge in [0.15, 0.2) is 0 Å². The summed E-state index contributed by atoms with van der Waals surface area (Å²) < 4.78 is 59.6. The lowest BCUT2D eigenvalue weighted by atomic mass is 9.92. The van der Waals surface area contributed by atoms with Crippen LogP contribution in [-0.2, 0) is 25.3 Å². The Labute approximate surface area is 149 Å². The van der Waals surface area contributed by atoms with Crippen LogP contribution in [0, 0.1) is 5.92 Å². The highest BCUT2D eigenvalue weighted by molar-refractivity contribution is 7.89. The topological polar surface area (TPSA) is 85.4 Å². The van der Waals surface area contributed by atoms with Crippen LogP contribution >= 0.6 is 0 Å². The fourth-order valence-corrected chi connectivity index (χ4v) is 4.14. The number of rotatable bonds is 5. The third-order valence-corrected chi connectivity index (χ3v) is 5.55. The van der Waals surface area contributed by atoms with E-state index in [1.54, 1.807) is 36.5 Å². The average molecular weight is 384 g/mol. The summed E-state index contributed by atoms with van der Waals surface area (Å²) in [5.74, 6) is -7.38. The summed E-state index contributed by atoms with van der Waals surface area (Å²) >= 11 is 0. The van der Waals surface area contributed by atoms with E-state index in [0.717, 1.165) is 0 Å². The number of sulfonamides is 1. The Morgan fingerprint density at radius 1 is 1.23 bits per heavy atom. The lowest BCUT2D eigenvalue weighted by Crippen LogP contribution is -2.49. The van der Waals surface area contributed by atoms with Crippen LogP contribution in [0.3, 0.4) is 0 Å². The molecule has 2 aromatic rings. The number of hydrogen-bond acceptors (Lipinski definition) is 5. The molecular formula is C17H18F2N2O4S. The number of benzene rings is 1. The number of hydrogen-bond donors (Lipinski definition) is 1. The van der Waals surface area contributed by atoms with Crippen LogP contribution in [0.2, 0.25) is 0 Å². The molecule has 6 nitrogen and oxygen atoms in total. The van der Waals surface area contributed by atoms with E-state index in [0.29, 0.717) is 16.5 Å². The van der Waals surface area contributed by atoms with Crippen LogP contribution in [0.5, 0.6) is 0 Å². The van der Waals surface area contributed by atoms with Gasteiger partial charge in [-0.2, -0.15) is 8.78 Å². The standard InChI is InChI=1S/C17H18F2N2O4S/c18-17(19,13-6-9-25-10-7-13)16(22)21-26(23,24)11-12-3-1-5-15-14(12)4-2-8-20-15/h1-5,8,13H,6-7,9-11H2,(H,21,22). The second-order valence-electron chi connectivity index (χ2n) is 6.19. The molecule has 9 heteroatoms. The number of alkyl halides is 2. The van der Waals surface area contributed by atoms with Gasteiger partial charge in [-0.05, 0) is 30.5 Å². The van der Waals surface area contributed by atoms with Gasteiger partial charge in [0.2, 0.25) is 10.0 Å². The Hall–Kier alpha value is -2.13. The summed E-state index contributed by atoms with van der Waals surface area (Å²) in [6.07, 6.45) is 1.59. The maximum atomic E-state index is 14.3. The first-order chi connectivity index (χ1) is 12.3. The Morgan fingerprint density at radius 2 is 1.96 bits per heavy atom. The van der Waals surface area contributed by atoms with Crippen molar-refractivity contribution in [2.24, 2.45) is 5.92 Å². The molecule has 1 aromatic carbocycles. The summed E-state index contributed by atoms with van der Waals surface area (Å²) in [5, 5.41) is 0.587. The van der Waals surface area contributed by atoms with Crippen LogP contribution in [0.25, 0.3) is 10.9 Å². The molecule has 3 rings (SSSR count). The van der Waals surface area contributed by atoms with Gasteiger partial charge in [0.25, 0.3) is 0 Å². The molecule has 2 heterocycles. The fourth-order valence-electron chi connectivity index (χ4n) is 2.99. The molecule has 0 bridgehead atoms. The van der Waals surface area contributed by atoms with Crippen molar-refractivity contribution in [2.75, 3.05) is 13.2 Å². The molecule has 1 N–H and O–H groups in total. The van der Waals surface area contributed by atoms with Crippen molar-refractivity contribution < 1.29 is 26.7 Å². The van der Waals surface area contributed by atoms with Gasteiger partial charge in [-0.25, -0.2) is 13.1 Å². The van der Waals surface area contributed by atoms with Gasteiger partial charge in [-0.15, -0.1) is 0 Å². The lowest BCUT2D eigenvalue weighted by Gasteiger charge is -2.28. The molecule has 1 aromatic heterocycles. The minimum Gasteiger partial charge on any atom is -0.381 e. The number of carbonyl (C=O) groups excluding carboxylic acids is 1. The third-order valence-electron chi connectivity index (χ3n) is 4.37. The zero-order chi connectivity index (χ0) is 18.8. The molecule has 1 saturated heterocycles. The molecule has 140 valence electrons. The number of fused-ring (bicyclic) bond motifs is 1. The molecule has 26 heavy (non-hydrogen) atoms. The van der Waals surface area contributed by atoms with E-state index in [1.165, 1.54) is 4.72 Å². The average Bonchev–Trinajstić information content (AvgIpc) is 2.62. The molecule has 1 aliphatic heterocycles. The molecule has 0 radical (unpaired) electrons. The van der Waals surface area contributed by atoms with Crippen LogP contribution in [0.1, 0.15) is 18.4 Å². The van der Waals surface area contributed by atoms with Crippen LogP contribution in [0.15, 0.2) is 36.5 Å². The smallest absolute Gasteiger partial charge is 0.328 e. The van der Waals surface area contributed by atoms with E-state index in [-0.39, 0.29) is 26.1 Å². The number of ether oxygens (including phenoxy) is 1. The highest BCUT2D eigenvalue weighted by Gasteiger charge is 2.48. The molecule has 0 spiro atoms. The van der Waals surface area contributed by atoms with Crippen LogP contribution < -0.4 is 4.72 Å². The lowest BCUT2D eigenvalue weighted by molar-refractivity contribution is -0.157.